The van der Waals surface area contributed by atoms with Crippen molar-refractivity contribution in [2.24, 2.45) is 5.92 Å². The standard InChI is InChI=1S/C23H26N2O2/c1-15-6-8-16(9-7-15)19-14-25(23(27)18-4-2-3-5-20(18)26)21-17-10-12-24(13-11-17)22(19)21/h2-9,17,19,21-22,26H,10-14H2,1H3/t19-,21-,22-/m0/s1. The van der Waals surface area contributed by atoms with E-state index in [-0.39, 0.29) is 17.7 Å². The summed E-state index contributed by atoms with van der Waals surface area (Å²) >= 11 is 0. The highest BCUT2D eigenvalue weighted by molar-refractivity contribution is 5.97. The van der Waals surface area contributed by atoms with Crippen LogP contribution in [0.3, 0.4) is 0 Å². The number of benzene rings is 2. The largest absolute Gasteiger partial charge is 0.507 e. The summed E-state index contributed by atoms with van der Waals surface area (Å²) in [5.41, 5.74) is 3.02. The Bertz CT molecular complexity index is 855. The summed E-state index contributed by atoms with van der Waals surface area (Å²) in [7, 11) is 0. The molecule has 0 radical (unpaired) electrons. The lowest BCUT2D eigenvalue weighted by Gasteiger charge is -2.51. The highest BCUT2D eigenvalue weighted by Gasteiger charge is 2.54. The molecule has 1 amide bonds. The third-order valence-electron chi connectivity index (χ3n) is 6.90. The number of amides is 1. The SMILES string of the molecule is Cc1ccc([C@@H]2CN(C(=O)c3ccccc3O)[C@H]3C4CCN(CC4)[C@@H]23)cc1. The summed E-state index contributed by atoms with van der Waals surface area (Å²) in [4.78, 5) is 18.1. The number of hydrogen-bond acceptors (Lipinski definition) is 3. The summed E-state index contributed by atoms with van der Waals surface area (Å²) in [6, 6.07) is 16.4. The van der Waals surface area contributed by atoms with E-state index in [0.29, 0.717) is 23.4 Å². The maximum absolute atomic E-state index is 13.4. The van der Waals surface area contributed by atoms with Crippen LogP contribution in [0.25, 0.3) is 0 Å². The van der Waals surface area contributed by atoms with Gasteiger partial charge in [-0.1, -0.05) is 42.0 Å². The van der Waals surface area contributed by atoms with Crippen molar-refractivity contribution in [1.82, 2.24) is 9.80 Å². The van der Waals surface area contributed by atoms with Gasteiger partial charge in [-0.25, -0.2) is 0 Å². The van der Waals surface area contributed by atoms with Gasteiger partial charge in [0, 0.05) is 18.5 Å². The van der Waals surface area contributed by atoms with Crippen molar-refractivity contribution >= 4 is 5.91 Å². The van der Waals surface area contributed by atoms with Gasteiger partial charge in [0.2, 0.25) is 0 Å². The van der Waals surface area contributed by atoms with Crippen LogP contribution in [-0.2, 0) is 0 Å². The van der Waals surface area contributed by atoms with Crippen LogP contribution in [0, 0.1) is 12.8 Å². The molecule has 2 bridgehead atoms. The molecule has 4 aliphatic heterocycles. The predicted octanol–water partition coefficient (Wildman–Crippen LogP) is 3.40. The number of piperidine rings is 3. The number of phenols is 1. The molecule has 0 aromatic heterocycles. The summed E-state index contributed by atoms with van der Waals surface area (Å²) < 4.78 is 0. The number of likely N-dealkylation sites (tertiary alicyclic amines) is 1. The van der Waals surface area contributed by atoms with E-state index in [2.05, 4.69) is 41.0 Å². The summed E-state index contributed by atoms with van der Waals surface area (Å²) in [5.74, 6) is 0.976. The van der Waals surface area contributed by atoms with Gasteiger partial charge in [-0.05, 0) is 56.5 Å². The Kier molecular flexibility index (Phi) is 3.97. The molecule has 0 saturated carbocycles. The Morgan fingerprint density at radius 3 is 2.41 bits per heavy atom. The van der Waals surface area contributed by atoms with Crippen LogP contribution < -0.4 is 0 Å². The lowest BCUT2D eigenvalue weighted by Crippen LogP contribution is -2.60. The fraction of sp³-hybridized carbons (Fsp3) is 0.435. The number of carbonyl (C=O) groups excluding carboxylic acids is 1. The molecule has 6 rings (SSSR count). The predicted molar refractivity (Wildman–Crippen MR) is 105 cm³/mol. The molecule has 1 N–H and O–H groups in total. The second-order valence-electron chi connectivity index (χ2n) is 8.35. The Hall–Kier alpha value is -2.33. The minimum Gasteiger partial charge on any atom is -0.507 e. The van der Waals surface area contributed by atoms with E-state index >= 15 is 0 Å². The van der Waals surface area contributed by atoms with Crippen molar-refractivity contribution in [3.63, 3.8) is 0 Å². The molecule has 3 atom stereocenters. The molecule has 0 unspecified atom stereocenters. The number of aryl methyl sites for hydroxylation is 1. The Labute approximate surface area is 160 Å². The summed E-state index contributed by atoms with van der Waals surface area (Å²) in [6.45, 7) is 5.14. The number of hydrogen-bond donors (Lipinski definition) is 1. The highest BCUT2D eigenvalue weighted by Crippen LogP contribution is 2.47. The van der Waals surface area contributed by atoms with Crippen LogP contribution in [-0.4, -0.2) is 52.5 Å². The lowest BCUT2D eigenvalue weighted by molar-refractivity contribution is -0.00348. The van der Waals surface area contributed by atoms with E-state index in [1.807, 2.05) is 6.07 Å². The van der Waals surface area contributed by atoms with Gasteiger partial charge in [-0.15, -0.1) is 0 Å². The van der Waals surface area contributed by atoms with Gasteiger partial charge in [0.15, 0.2) is 0 Å². The molecule has 0 aliphatic carbocycles. The minimum absolute atomic E-state index is 0.0218. The average Bonchev–Trinajstić information content (AvgIpc) is 3.12. The van der Waals surface area contributed by atoms with Crippen molar-refractivity contribution in [2.45, 2.75) is 37.8 Å². The molecule has 140 valence electrons. The molecule has 4 heterocycles. The first-order valence-corrected chi connectivity index (χ1v) is 10.0. The molecule has 2 aromatic rings. The van der Waals surface area contributed by atoms with Crippen molar-refractivity contribution in [3.05, 3.63) is 65.2 Å². The molecule has 4 nitrogen and oxygen atoms in total. The van der Waals surface area contributed by atoms with Gasteiger partial charge < -0.3 is 10.0 Å². The molecule has 27 heavy (non-hydrogen) atoms. The Balaban J connectivity index is 1.53. The molecular weight excluding hydrogens is 336 g/mol. The summed E-state index contributed by atoms with van der Waals surface area (Å²) in [5, 5.41) is 10.2. The van der Waals surface area contributed by atoms with Crippen molar-refractivity contribution in [1.29, 1.82) is 0 Å². The molecule has 4 saturated heterocycles. The van der Waals surface area contributed by atoms with Gasteiger partial charge in [-0.3, -0.25) is 9.69 Å². The number of carbonyl (C=O) groups is 1. The van der Waals surface area contributed by atoms with E-state index in [0.717, 1.165) is 19.6 Å². The van der Waals surface area contributed by atoms with Crippen LogP contribution in [0.4, 0.5) is 0 Å². The normalized spacial score (nSPS) is 31.7. The van der Waals surface area contributed by atoms with Crippen LogP contribution in [0.15, 0.2) is 48.5 Å². The third kappa shape index (κ3) is 2.66. The van der Waals surface area contributed by atoms with Crippen molar-refractivity contribution in [3.8, 4) is 5.75 Å². The monoisotopic (exact) mass is 362 g/mol. The van der Waals surface area contributed by atoms with Gasteiger partial charge in [0.1, 0.15) is 5.75 Å². The van der Waals surface area contributed by atoms with E-state index in [1.165, 1.54) is 24.0 Å². The van der Waals surface area contributed by atoms with Crippen LogP contribution in [0.2, 0.25) is 0 Å². The zero-order chi connectivity index (χ0) is 18.5. The number of rotatable bonds is 2. The first kappa shape index (κ1) is 16.8. The summed E-state index contributed by atoms with van der Waals surface area (Å²) in [6.07, 6.45) is 2.35. The maximum atomic E-state index is 13.4. The fourth-order valence-corrected chi connectivity index (χ4v) is 5.57. The molecular formula is C23H26N2O2. The number of fused-ring (bicyclic) bond motifs is 2. The molecule has 0 spiro atoms. The quantitative estimate of drug-likeness (QED) is 0.890. The van der Waals surface area contributed by atoms with E-state index in [9.17, 15) is 9.90 Å². The number of nitrogens with zero attached hydrogens (tertiary/aromatic N) is 2. The van der Waals surface area contributed by atoms with Crippen molar-refractivity contribution < 1.29 is 9.90 Å². The Morgan fingerprint density at radius 1 is 1.00 bits per heavy atom. The maximum Gasteiger partial charge on any atom is 0.257 e. The van der Waals surface area contributed by atoms with E-state index in [4.69, 9.17) is 0 Å². The second kappa shape index (κ2) is 6.38. The molecule has 4 aliphatic rings. The smallest absolute Gasteiger partial charge is 0.257 e. The average molecular weight is 362 g/mol. The van der Waals surface area contributed by atoms with Crippen LogP contribution in [0.1, 0.15) is 40.2 Å². The zero-order valence-electron chi connectivity index (χ0n) is 15.7. The molecule has 4 heteroatoms. The van der Waals surface area contributed by atoms with E-state index < -0.39 is 0 Å². The van der Waals surface area contributed by atoms with Crippen molar-refractivity contribution in [2.75, 3.05) is 19.6 Å². The highest BCUT2D eigenvalue weighted by atomic mass is 16.3. The first-order chi connectivity index (χ1) is 13.1. The number of phenolic OH excluding ortho intramolecular Hbond substituents is 1. The van der Waals surface area contributed by atoms with Gasteiger partial charge in [0.05, 0.1) is 11.6 Å². The molecule has 2 aromatic carbocycles. The molecule has 4 fully saturated rings. The van der Waals surface area contributed by atoms with Gasteiger partial charge in [0.25, 0.3) is 5.91 Å². The van der Waals surface area contributed by atoms with Crippen LogP contribution in [0.5, 0.6) is 5.75 Å². The topological polar surface area (TPSA) is 43.8 Å². The second-order valence-corrected chi connectivity index (χ2v) is 8.35. The van der Waals surface area contributed by atoms with E-state index in [1.54, 1.807) is 18.2 Å². The zero-order valence-corrected chi connectivity index (χ0v) is 15.7. The lowest BCUT2D eigenvalue weighted by atomic mass is 9.75. The number of aromatic hydroxyl groups is 1. The third-order valence-corrected chi connectivity index (χ3v) is 6.90. The van der Waals surface area contributed by atoms with Crippen LogP contribution >= 0.6 is 0 Å². The minimum atomic E-state index is -0.0218. The van der Waals surface area contributed by atoms with Gasteiger partial charge >= 0.3 is 0 Å². The van der Waals surface area contributed by atoms with Gasteiger partial charge in [-0.2, -0.15) is 0 Å². The Morgan fingerprint density at radius 2 is 1.70 bits per heavy atom. The fourth-order valence-electron chi connectivity index (χ4n) is 5.57. The number of para-hydroxylation sites is 1. The first-order valence-electron chi connectivity index (χ1n) is 10.0.